The van der Waals surface area contributed by atoms with E-state index in [1.165, 1.54) is 10.7 Å². The maximum Gasteiger partial charge on any atom is 0.150 e. The number of anilines is 1. The van der Waals surface area contributed by atoms with Gasteiger partial charge in [0.1, 0.15) is 17.3 Å². The Morgan fingerprint density at radius 1 is 1.39 bits per heavy atom. The number of nitrogen functional groups attached to an aromatic ring is 2. The van der Waals surface area contributed by atoms with Gasteiger partial charge in [-0.25, -0.2) is 14.1 Å². The van der Waals surface area contributed by atoms with Gasteiger partial charge < -0.3 is 11.6 Å². The van der Waals surface area contributed by atoms with Gasteiger partial charge in [0.25, 0.3) is 0 Å². The van der Waals surface area contributed by atoms with Crippen molar-refractivity contribution in [2.45, 2.75) is 19.8 Å². The van der Waals surface area contributed by atoms with Crippen LogP contribution >= 0.6 is 15.9 Å². The van der Waals surface area contributed by atoms with Crippen molar-refractivity contribution >= 4 is 21.7 Å². The molecule has 18 heavy (non-hydrogen) atoms. The summed E-state index contributed by atoms with van der Waals surface area (Å²) in [5.41, 5.74) is 7.02. The van der Waals surface area contributed by atoms with Crippen LogP contribution < -0.4 is 11.6 Å². The van der Waals surface area contributed by atoms with E-state index in [1.54, 1.807) is 12.1 Å². The third kappa shape index (κ3) is 2.08. The molecule has 0 atom stereocenters. The molecule has 0 unspecified atom stereocenters. The van der Waals surface area contributed by atoms with E-state index >= 15 is 0 Å². The van der Waals surface area contributed by atoms with E-state index in [2.05, 4.69) is 20.9 Å². The summed E-state index contributed by atoms with van der Waals surface area (Å²) in [6, 6.07) is 4.75. The first-order valence-corrected chi connectivity index (χ1v) is 6.29. The largest absolute Gasteiger partial charge is 0.382 e. The third-order valence-electron chi connectivity index (χ3n) is 2.68. The predicted octanol–water partition coefficient (Wildman–Crippen LogP) is 2.87. The smallest absolute Gasteiger partial charge is 0.150 e. The molecule has 6 heteroatoms. The van der Waals surface area contributed by atoms with E-state index in [4.69, 9.17) is 11.6 Å². The molecule has 0 spiro atoms. The molecular formula is C12H14BrFN4. The SMILES string of the molecule is CC(C)c1nc(-c2ccc(Br)c(F)c2)c(N)n1N. The van der Waals surface area contributed by atoms with Crippen molar-refractivity contribution in [3.05, 3.63) is 34.3 Å². The van der Waals surface area contributed by atoms with E-state index in [1.807, 2.05) is 13.8 Å². The summed E-state index contributed by atoms with van der Waals surface area (Å²) >= 11 is 3.11. The molecule has 1 aromatic carbocycles. The van der Waals surface area contributed by atoms with Crippen molar-refractivity contribution in [1.29, 1.82) is 0 Å². The highest BCUT2D eigenvalue weighted by Crippen LogP contribution is 2.29. The van der Waals surface area contributed by atoms with Crippen LogP contribution in [0.25, 0.3) is 11.3 Å². The van der Waals surface area contributed by atoms with Gasteiger partial charge >= 0.3 is 0 Å². The summed E-state index contributed by atoms with van der Waals surface area (Å²) in [6.45, 7) is 3.94. The van der Waals surface area contributed by atoms with Crippen molar-refractivity contribution in [2.24, 2.45) is 0 Å². The van der Waals surface area contributed by atoms with Crippen LogP contribution in [0.2, 0.25) is 0 Å². The predicted molar refractivity (Wildman–Crippen MR) is 74.0 cm³/mol. The summed E-state index contributed by atoms with van der Waals surface area (Å²) in [5, 5.41) is 0. The molecule has 0 radical (unpaired) electrons. The molecule has 0 bridgehead atoms. The van der Waals surface area contributed by atoms with Crippen molar-refractivity contribution < 1.29 is 4.39 Å². The number of nitrogens with two attached hydrogens (primary N) is 2. The molecule has 96 valence electrons. The standard InChI is InChI=1S/C12H14BrFN4/c1-6(2)12-17-10(11(15)18(12)16)7-3-4-8(13)9(14)5-7/h3-6H,15-16H2,1-2H3. The van der Waals surface area contributed by atoms with Crippen LogP contribution in [0.3, 0.4) is 0 Å². The minimum absolute atomic E-state index is 0.145. The molecule has 2 aromatic rings. The second-order valence-electron chi connectivity index (χ2n) is 4.36. The quantitative estimate of drug-likeness (QED) is 0.838. The molecule has 4 nitrogen and oxygen atoms in total. The van der Waals surface area contributed by atoms with E-state index in [0.29, 0.717) is 27.4 Å². The molecule has 1 aromatic heterocycles. The van der Waals surface area contributed by atoms with Crippen molar-refractivity contribution in [3.8, 4) is 11.3 Å². The molecule has 4 N–H and O–H groups in total. The zero-order valence-electron chi connectivity index (χ0n) is 10.1. The lowest BCUT2D eigenvalue weighted by molar-refractivity contribution is 0.621. The first kappa shape index (κ1) is 12.9. The number of nitrogens with zero attached hydrogens (tertiary/aromatic N) is 2. The van der Waals surface area contributed by atoms with Gasteiger partial charge in [-0.2, -0.15) is 0 Å². The maximum absolute atomic E-state index is 13.5. The lowest BCUT2D eigenvalue weighted by Crippen LogP contribution is -2.16. The second-order valence-corrected chi connectivity index (χ2v) is 5.21. The van der Waals surface area contributed by atoms with Gasteiger partial charge in [-0.05, 0) is 28.1 Å². The highest BCUT2D eigenvalue weighted by molar-refractivity contribution is 9.10. The van der Waals surface area contributed by atoms with Crippen molar-refractivity contribution in [2.75, 3.05) is 11.6 Å². The van der Waals surface area contributed by atoms with E-state index in [0.717, 1.165) is 0 Å². The molecule has 1 heterocycles. The summed E-state index contributed by atoms with van der Waals surface area (Å²) in [5.74, 6) is 6.63. The molecule has 0 aliphatic carbocycles. The molecular weight excluding hydrogens is 299 g/mol. The van der Waals surface area contributed by atoms with Gasteiger partial charge in [-0.15, -0.1) is 0 Å². The average Bonchev–Trinajstić information content (AvgIpc) is 2.60. The van der Waals surface area contributed by atoms with Crippen LogP contribution in [0, 0.1) is 5.82 Å². The van der Waals surface area contributed by atoms with Gasteiger partial charge in [-0.3, -0.25) is 0 Å². The Balaban J connectivity index is 2.57. The van der Waals surface area contributed by atoms with Gasteiger partial charge in [0.2, 0.25) is 0 Å². The first-order valence-electron chi connectivity index (χ1n) is 5.50. The molecule has 0 saturated carbocycles. The summed E-state index contributed by atoms with van der Waals surface area (Å²) in [4.78, 5) is 4.38. The molecule has 0 amide bonds. The molecule has 0 saturated heterocycles. The van der Waals surface area contributed by atoms with Gasteiger partial charge in [0.05, 0.1) is 4.47 Å². The van der Waals surface area contributed by atoms with Crippen molar-refractivity contribution in [1.82, 2.24) is 9.66 Å². The zero-order valence-corrected chi connectivity index (χ0v) is 11.7. The Kier molecular flexibility index (Phi) is 3.30. The van der Waals surface area contributed by atoms with Crippen LogP contribution in [-0.2, 0) is 0 Å². The van der Waals surface area contributed by atoms with E-state index in [-0.39, 0.29) is 11.7 Å². The number of rotatable bonds is 2. The van der Waals surface area contributed by atoms with Gasteiger partial charge in [0.15, 0.2) is 5.82 Å². The van der Waals surface area contributed by atoms with Crippen LogP contribution in [-0.4, -0.2) is 9.66 Å². The fourth-order valence-electron chi connectivity index (χ4n) is 1.73. The topological polar surface area (TPSA) is 69.9 Å². The zero-order chi connectivity index (χ0) is 13.4. The molecule has 0 aliphatic heterocycles. The summed E-state index contributed by atoms with van der Waals surface area (Å²) < 4.78 is 15.3. The summed E-state index contributed by atoms with van der Waals surface area (Å²) in [7, 11) is 0. The van der Waals surface area contributed by atoms with Crippen LogP contribution in [0.15, 0.2) is 22.7 Å². The van der Waals surface area contributed by atoms with Crippen LogP contribution in [0.4, 0.5) is 10.2 Å². The van der Waals surface area contributed by atoms with Crippen LogP contribution in [0.5, 0.6) is 0 Å². The number of hydrogen-bond acceptors (Lipinski definition) is 3. The number of imidazole rings is 1. The number of hydrogen-bond donors (Lipinski definition) is 2. The number of halogens is 2. The monoisotopic (exact) mass is 312 g/mol. The Bertz CT molecular complexity index is 592. The normalized spacial score (nSPS) is 11.2. The van der Waals surface area contributed by atoms with Gasteiger partial charge in [0, 0.05) is 11.5 Å². The van der Waals surface area contributed by atoms with E-state index in [9.17, 15) is 4.39 Å². The minimum atomic E-state index is -0.357. The average molecular weight is 313 g/mol. The van der Waals surface area contributed by atoms with Crippen LogP contribution in [0.1, 0.15) is 25.6 Å². The second kappa shape index (κ2) is 4.61. The van der Waals surface area contributed by atoms with Crippen molar-refractivity contribution in [3.63, 3.8) is 0 Å². The first-order chi connectivity index (χ1) is 8.41. The Labute approximate surface area is 113 Å². The molecule has 0 aliphatic rings. The highest BCUT2D eigenvalue weighted by Gasteiger charge is 2.17. The summed E-state index contributed by atoms with van der Waals surface area (Å²) in [6.07, 6.45) is 0. The Hall–Kier alpha value is -1.56. The van der Waals surface area contributed by atoms with Gasteiger partial charge in [-0.1, -0.05) is 19.9 Å². The Morgan fingerprint density at radius 3 is 2.56 bits per heavy atom. The molecule has 2 rings (SSSR count). The third-order valence-corrected chi connectivity index (χ3v) is 3.33. The number of benzene rings is 1. The fourth-order valence-corrected chi connectivity index (χ4v) is 1.97. The minimum Gasteiger partial charge on any atom is -0.382 e. The molecule has 0 fully saturated rings. The lowest BCUT2D eigenvalue weighted by Gasteiger charge is -2.04. The lowest BCUT2D eigenvalue weighted by atomic mass is 10.1. The maximum atomic E-state index is 13.5. The fraction of sp³-hybridized carbons (Fsp3) is 0.250. The van der Waals surface area contributed by atoms with E-state index < -0.39 is 0 Å². The Morgan fingerprint density at radius 2 is 2.06 bits per heavy atom. The number of aromatic nitrogens is 2. The highest BCUT2D eigenvalue weighted by atomic mass is 79.9.